The molecule has 2 heterocycles. The number of hydrogen-bond donors (Lipinski definition) is 1. The molecule has 0 spiro atoms. The number of unbranched alkanes of at least 4 members (excludes halogenated alkanes) is 4. The number of ether oxygens (including phenoxy) is 1. The summed E-state index contributed by atoms with van der Waals surface area (Å²) >= 11 is 1.29. The molecule has 31 heavy (non-hydrogen) atoms. The van der Waals surface area contributed by atoms with Crippen LogP contribution in [0.2, 0.25) is 0 Å². The fraction of sp³-hybridized carbons (Fsp3) is 0.652. The van der Waals surface area contributed by atoms with Gasteiger partial charge in [0.25, 0.3) is 0 Å². The van der Waals surface area contributed by atoms with Gasteiger partial charge in [0.05, 0.1) is 18.7 Å². The Kier molecular flexibility index (Phi) is 9.81. The lowest BCUT2D eigenvalue weighted by Gasteiger charge is -2.24. The van der Waals surface area contributed by atoms with Crippen LogP contribution in [0.25, 0.3) is 0 Å². The Morgan fingerprint density at radius 2 is 1.97 bits per heavy atom. The van der Waals surface area contributed by atoms with E-state index in [9.17, 15) is 14.4 Å². The maximum Gasteiger partial charge on any atom is 0.339 e. The molecule has 8 heteroatoms. The Hall–Kier alpha value is -2.09. The minimum atomic E-state index is -1.02. The van der Waals surface area contributed by atoms with Crippen molar-refractivity contribution >= 4 is 28.5 Å². The lowest BCUT2D eigenvalue weighted by molar-refractivity contribution is -0.125. The minimum Gasteiger partial charge on any atom is -0.493 e. The topological polar surface area (TPSA) is 98.0 Å². The highest BCUT2D eigenvalue weighted by atomic mass is 32.2. The van der Waals surface area contributed by atoms with Crippen molar-refractivity contribution in [3.8, 4) is 5.75 Å². The van der Waals surface area contributed by atoms with Gasteiger partial charge in [0.1, 0.15) is 22.1 Å². The first-order valence-electron chi connectivity index (χ1n) is 11.1. The number of carbonyl (C=O) groups excluding carboxylic acids is 2. The molecule has 0 bridgehead atoms. The zero-order valence-corrected chi connectivity index (χ0v) is 19.8. The molecule has 0 radical (unpaired) electrons. The number of thioether (sulfide) groups is 1. The van der Waals surface area contributed by atoms with Gasteiger partial charge in [-0.2, -0.15) is 0 Å². The first-order valence-corrected chi connectivity index (χ1v) is 12.1. The van der Waals surface area contributed by atoms with Gasteiger partial charge in [-0.25, -0.2) is 4.79 Å². The maximum absolute atomic E-state index is 13.0. The lowest BCUT2D eigenvalue weighted by atomic mass is 10.0. The summed E-state index contributed by atoms with van der Waals surface area (Å²) in [5.41, 5.74) is -1.53. The number of hydrogen-bond acceptors (Lipinski definition) is 7. The third kappa shape index (κ3) is 7.52. The molecule has 0 aliphatic carbocycles. The van der Waals surface area contributed by atoms with Gasteiger partial charge < -0.3 is 14.5 Å². The van der Waals surface area contributed by atoms with E-state index in [-0.39, 0.29) is 11.7 Å². The van der Waals surface area contributed by atoms with Crippen molar-refractivity contribution in [1.82, 2.24) is 5.32 Å². The number of nitrogens with one attached hydrogen (secondary N) is 1. The minimum absolute atomic E-state index is 0.142. The molecule has 0 unspecified atom stereocenters. The fourth-order valence-electron chi connectivity index (χ4n) is 3.31. The molecule has 0 aromatic carbocycles. The van der Waals surface area contributed by atoms with Crippen LogP contribution in [0.4, 0.5) is 0 Å². The maximum atomic E-state index is 13.0. The Morgan fingerprint density at radius 1 is 1.23 bits per heavy atom. The van der Waals surface area contributed by atoms with Crippen LogP contribution < -0.4 is 15.7 Å². The molecule has 1 N–H and O–H groups in total. The van der Waals surface area contributed by atoms with Crippen LogP contribution in [0, 0.1) is 0 Å². The van der Waals surface area contributed by atoms with Gasteiger partial charge in [0.15, 0.2) is 5.78 Å². The van der Waals surface area contributed by atoms with Crippen LogP contribution in [-0.4, -0.2) is 34.6 Å². The summed E-state index contributed by atoms with van der Waals surface area (Å²) < 4.78 is 11.2. The number of Topliss-reactive ketones (excluding diaryl/α,β-unsaturated/α-hetero) is 1. The molecule has 0 saturated heterocycles. The predicted molar refractivity (Wildman–Crippen MR) is 124 cm³/mol. The smallest absolute Gasteiger partial charge is 0.339 e. The molecule has 1 aromatic heterocycles. The number of rotatable bonds is 13. The number of ketones is 1. The second-order valence-corrected chi connectivity index (χ2v) is 9.09. The molecule has 0 fully saturated rings. The summed E-state index contributed by atoms with van der Waals surface area (Å²) in [5, 5.41) is 3.33. The van der Waals surface area contributed by atoms with E-state index in [0.29, 0.717) is 35.3 Å². The highest BCUT2D eigenvalue weighted by molar-refractivity contribution is 8.16. The van der Waals surface area contributed by atoms with Gasteiger partial charge in [0, 0.05) is 18.7 Å². The van der Waals surface area contributed by atoms with Gasteiger partial charge in [-0.3, -0.25) is 14.6 Å². The van der Waals surface area contributed by atoms with Crippen molar-refractivity contribution in [2.75, 3.05) is 12.4 Å². The first-order chi connectivity index (χ1) is 14.8. The van der Waals surface area contributed by atoms with Crippen molar-refractivity contribution in [1.29, 1.82) is 0 Å². The SMILES string of the molecule is CCCCCCCOc1cc([C@@H](CCC)NC(=O)[C@]2(C)CSC(C(C)=O)=N2)oc(=O)c1. The molecule has 0 saturated carbocycles. The molecule has 2 rings (SSSR count). The number of nitrogens with zero attached hydrogens (tertiary/aromatic N) is 1. The van der Waals surface area contributed by atoms with E-state index in [1.807, 2.05) is 6.92 Å². The summed E-state index contributed by atoms with van der Waals surface area (Å²) in [7, 11) is 0. The summed E-state index contributed by atoms with van der Waals surface area (Å²) in [6.07, 6.45) is 6.98. The van der Waals surface area contributed by atoms with E-state index in [1.165, 1.54) is 44.0 Å². The zero-order valence-electron chi connectivity index (χ0n) is 19.0. The van der Waals surface area contributed by atoms with E-state index in [0.717, 1.165) is 19.3 Å². The molecular formula is C23H34N2O5S. The second kappa shape index (κ2) is 12.1. The van der Waals surface area contributed by atoms with Crippen LogP contribution in [-0.2, 0) is 9.59 Å². The van der Waals surface area contributed by atoms with E-state index in [4.69, 9.17) is 9.15 Å². The number of amides is 1. The van der Waals surface area contributed by atoms with Gasteiger partial charge >= 0.3 is 5.63 Å². The van der Waals surface area contributed by atoms with Crippen molar-refractivity contribution in [3.63, 3.8) is 0 Å². The highest BCUT2D eigenvalue weighted by Gasteiger charge is 2.40. The third-order valence-electron chi connectivity index (χ3n) is 5.13. The zero-order chi connectivity index (χ0) is 22.9. The van der Waals surface area contributed by atoms with E-state index >= 15 is 0 Å². The molecule has 1 aliphatic heterocycles. The Bertz CT molecular complexity index is 851. The lowest BCUT2D eigenvalue weighted by Crippen LogP contribution is -2.45. The molecule has 172 valence electrons. The van der Waals surface area contributed by atoms with Crippen LogP contribution in [0.3, 0.4) is 0 Å². The monoisotopic (exact) mass is 450 g/mol. The van der Waals surface area contributed by atoms with Crippen LogP contribution in [0.1, 0.15) is 84.4 Å². The first kappa shape index (κ1) is 25.2. The second-order valence-electron chi connectivity index (χ2n) is 8.13. The summed E-state index contributed by atoms with van der Waals surface area (Å²) in [6, 6.07) is 2.54. The molecule has 7 nitrogen and oxygen atoms in total. The van der Waals surface area contributed by atoms with Gasteiger partial charge in [-0.15, -0.1) is 11.8 Å². The van der Waals surface area contributed by atoms with Crippen molar-refractivity contribution in [2.24, 2.45) is 4.99 Å². The Morgan fingerprint density at radius 3 is 2.61 bits per heavy atom. The average molecular weight is 451 g/mol. The molecular weight excluding hydrogens is 416 g/mol. The van der Waals surface area contributed by atoms with Crippen LogP contribution in [0.5, 0.6) is 5.75 Å². The van der Waals surface area contributed by atoms with E-state index in [1.54, 1.807) is 13.0 Å². The number of aliphatic imine (C=N–C) groups is 1. The summed E-state index contributed by atoms with van der Waals surface area (Å²) in [4.78, 5) is 41.0. The quantitative estimate of drug-likeness (QED) is 0.446. The van der Waals surface area contributed by atoms with Crippen LogP contribution >= 0.6 is 11.8 Å². The normalized spacial score (nSPS) is 19.0. The van der Waals surface area contributed by atoms with Gasteiger partial charge in [-0.1, -0.05) is 46.0 Å². The van der Waals surface area contributed by atoms with Gasteiger partial charge in [-0.05, 0) is 19.8 Å². The largest absolute Gasteiger partial charge is 0.493 e. The number of carbonyl (C=O) groups is 2. The average Bonchev–Trinajstić information content (AvgIpc) is 3.14. The van der Waals surface area contributed by atoms with E-state index in [2.05, 4.69) is 17.2 Å². The molecule has 2 atom stereocenters. The summed E-state index contributed by atoms with van der Waals surface area (Å²) in [6.45, 7) is 7.86. The fourth-order valence-corrected chi connectivity index (χ4v) is 4.39. The Labute approximate surface area is 188 Å². The summed E-state index contributed by atoms with van der Waals surface area (Å²) in [5.74, 6) is 0.791. The van der Waals surface area contributed by atoms with E-state index < -0.39 is 17.2 Å². The van der Waals surface area contributed by atoms with Gasteiger partial charge in [0.2, 0.25) is 5.91 Å². The van der Waals surface area contributed by atoms with Crippen LogP contribution in [0.15, 0.2) is 26.3 Å². The van der Waals surface area contributed by atoms with Crippen molar-refractivity contribution in [3.05, 3.63) is 28.3 Å². The predicted octanol–water partition coefficient (Wildman–Crippen LogP) is 4.44. The molecule has 1 amide bonds. The highest BCUT2D eigenvalue weighted by Crippen LogP contribution is 2.30. The molecule has 1 aliphatic rings. The Balaban J connectivity index is 2.08. The van der Waals surface area contributed by atoms with Crippen molar-refractivity contribution < 1.29 is 18.7 Å². The molecule has 1 aromatic rings. The standard InChI is InChI=1S/C23H34N2O5S/c1-5-7-8-9-10-12-29-17-13-19(30-20(27)14-17)18(11-6-2)24-22(28)23(4)15-31-21(25-23)16(3)26/h13-14,18H,5-12,15H2,1-4H3,(H,24,28)/t18-,23+/m1/s1. The third-order valence-corrected chi connectivity index (χ3v) is 6.49. The van der Waals surface area contributed by atoms with Crippen molar-refractivity contribution in [2.45, 2.75) is 84.2 Å².